The molecule has 0 aromatic heterocycles. The molecule has 3 heteroatoms. The number of fused-ring (bicyclic) bond motifs is 1. The van der Waals surface area contributed by atoms with Crippen molar-refractivity contribution >= 4 is 0 Å². The summed E-state index contributed by atoms with van der Waals surface area (Å²) in [4.78, 5) is 0. The van der Waals surface area contributed by atoms with Gasteiger partial charge in [0.2, 0.25) is 0 Å². The van der Waals surface area contributed by atoms with E-state index >= 15 is 0 Å². The molecule has 1 saturated carbocycles. The average Bonchev–Trinajstić information content (AvgIpc) is 1.83. The molecule has 5 unspecified atom stereocenters. The summed E-state index contributed by atoms with van der Waals surface area (Å²) >= 11 is 0. The standard InChI is InChI=1S/C8H15NO2/c1-4(9)2-5-7(10)6-3-11-8(5)6/h4-8,10H,2-3,9H2,1H3. The van der Waals surface area contributed by atoms with Gasteiger partial charge in [0.15, 0.2) is 0 Å². The number of ether oxygens (including phenoxy) is 1. The monoisotopic (exact) mass is 157 g/mol. The first kappa shape index (κ1) is 7.53. The summed E-state index contributed by atoms with van der Waals surface area (Å²) in [7, 11) is 0. The summed E-state index contributed by atoms with van der Waals surface area (Å²) in [6, 6.07) is 0.180. The minimum Gasteiger partial charge on any atom is -0.392 e. The van der Waals surface area contributed by atoms with E-state index in [4.69, 9.17) is 10.5 Å². The van der Waals surface area contributed by atoms with Crippen LogP contribution >= 0.6 is 0 Å². The Morgan fingerprint density at radius 2 is 2.45 bits per heavy atom. The van der Waals surface area contributed by atoms with Gasteiger partial charge in [0, 0.05) is 17.9 Å². The van der Waals surface area contributed by atoms with Crippen molar-refractivity contribution in [2.75, 3.05) is 6.61 Å². The van der Waals surface area contributed by atoms with Gasteiger partial charge in [-0.05, 0) is 13.3 Å². The quantitative estimate of drug-likeness (QED) is 0.580. The van der Waals surface area contributed by atoms with Crippen molar-refractivity contribution in [2.45, 2.75) is 31.6 Å². The molecule has 0 spiro atoms. The Labute approximate surface area is 66.5 Å². The van der Waals surface area contributed by atoms with E-state index < -0.39 is 0 Å². The zero-order valence-corrected chi connectivity index (χ0v) is 6.73. The van der Waals surface area contributed by atoms with Crippen LogP contribution in [0.25, 0.3) is 0 Å². The maximum atomic E-state index is 9.51. The molecule has 3 nitrogen and oxygen atoms in total. The fourth-order valence-corrected chi connectivity index (χ4v) is 2.12. The highest BCUT2D eigenvalue weighted by molar-refractivity contribution is 5.04. The van der Waals surface area contributed by atoms with Crippen LogP contribution in [0.2, 0.25) is 0 Å². The maximum absolute atomic E-state index is 9.51. The zero-order chi connectivity index (χ0) is 8.01. The van der Waals surface area contributed by atoms with Gasteiger partial charge in [-0.2, -0.15) is 0 Å². The Balaban J connectivity index is 1.86. The molecule has 1 saturated heterocycles. The van der Waals surface area contributed by atoms with Gasteiger partial charge in [-0.25, -0.2) is 0 Å². The Hall–Kier alpha value is -0.120. The summed E-state index contributed by atoms with van der Waals surface area (Å²) in [5.74, 6) is 0.743. The van der Waals surface area contributed by atoms with Crippen LogP contribution in [0.15, 0.2) is 0 Å². The highest BCUT2D eigenvalue weighted by Gasteiger charge is 2.56. The van der Waals surface area contributed by atoms with Gasteiger partial charge in [0.1, 0.15) is 0 Å². The highest BCUT2D eigenvalue weighted by atomic mass is 16.5. The second-order valence-electron chi connectivity index (χ2n) is 3.83. The number of hydrogen-bond acceptors (Lipinski definition) is 3. The van der Waals surface area contributed by atoms with Crippen molar-refractivity contribution in [3.8, 4) is 0 Å². The Morgan fingerprint density at radius 3 is 2.82 bits per heavy atom. The Bertz CT molecular complexity index is 154. The van der Waals surface area contributed by atoms with Crippen LogP contribution < -0.4 is 5.73 Å². The van der Waals surface area contributed by atoms with E-state index in [2.05, 4.69) is 0 Å². The summed E-state index contributed by atoms with van der Waals surface area (Å²) in [5.41, 5.74) is 5.63. The third-order valence-corrected chi connectivity index (χ3v) is 2.85. The van der Waals surface area contributed by atoms with Crippen LogP contribution in [0.1, 0.15) is 13.3 Å². The molecule has 2 rings (SSSR count). The molecule has 0 amide bonds. The third kappa shape index (κ3) is 0.991. The summed E-state index contributed by atoms with van der Waals surface area (Å²) in [5, 5.41) is 9.51. The van der Waals surface area contributed by atoms with Crippen molar-refractivity contribution in [3.63, 3.8) is 0 Å². The number of aliphatic hydroxyl groups excluding tert-OH is 1. The van der Waals surface area contributed by atoms with Gasteiger partial charge in [0.05, 0.1) is 18.8 Å². The molecule has 1 heterocycles. The second kappa shape index (κ2) is 2.44. The van der Waals surface area contributed by atoms with Crippen molar-refractivity contribution in [3.05, 3.63) is 0 Å². The first-order valence-corrected chi connectivity index (χ1v) is 4.25. The smallest absolute Gasteiger partial charge is 0.0703 e. The number of aliphatic hydroxyl groups is 1. The van der Waals surface area contributed by atoms with Crippen molar-refractivity contribution in [2.24, 2.45) is 17.6 Å². The molecule has 5 atom stereocenters. The molecule has 11 heavy (non-hydrogen) atoms. The molecule has 0 aromatic carbocycles. The van der Waals surface area contributed by atoms with E-state index in [9.17, 15) is 5.11 Å². The van der Waals surface area contributed by atoms with Crippen molar-refractivity contribution < 1.29 is 9.84 Å². The van der Waals surface area contributed by atoms with Crippen molar-refractivity contribution in [1.29, 1.82) is 0 Å². The van der Waals surface area contributed by atoms with E-state index in [1.54, 1.807) is 0 Å². The van der Waals surface area contributed by atoms with Gasteiger partial charge in [-0.1, -0.05) is 0 Å². The molecule has 64 valence electrons. The summed E-state index contributed by atoms with van der Waals surface area (Å²) in [6.07, 6.45) is 1.08. The van der Waals surface area contributed by atoms with E-state index in [1.807, 2.05) is 6.92 Å². The van der Waals surface area contributed by atoms with Gasteiger partial charge >= 0.3 is 0 Å². The first-order chi connectivity index (χ1) is 5.20. The van der Waals surface area contributed by atoms with Crippen LogP contribution in [0, 0.1) is 11.8 Å². The SMILES string of the molecule is CC(N)CC1C(O)C2COC21. The topological polar surface area (TPSA) is 55.5 Å². The lowest BCUT2D eigenvalue weighted by atomic mass is 9.64. The average molecular weight is 157 g/mol. The lowest BCUT2D eigenvalue weighted by molar-refractivity contribution is -0.278. The van der Waals surface area contributed by atoms with Crippen molar-refractivity contribution in [1.82, 2.24) is 0 Å². The lowest BCUT2D eigenvalue weighted by Gasteiger charge is -2.56. The molecule has 0 bridgehead atoms. The van der Waals surface area contributed by atoms with E-state index in [0.717, 1.165) is 13.0 Å². The fourth-order valence-electron chi connectivity index (χ4n) is 2.12. The molecule has 1 aliphatic carbocycles. The van der Waals surface area contributed by atoms with E-state index in [0.29, 0.717) is 17.9 Å². The predicted molar refractivity (Wildman–Crippen MR) is 41.0 cm³/mol. The van der Waals surface area contributed by atoms with Gasteiger partial charge < -0.3 is 15.6 Å². The van der Waals surface area contributed by atoms with Crippen LogP contribution in [0.3, 0.4) is 0 Å². The number of hydrogen-bond donors (Lipinski definition) is 2. The van der Waals surface area contributed by atoms with Gasteiger partial charge in [0.25, 0.3) is 0 Å². The molecular weight excluding hydrogens is 142 g/mol. The molecular formula is C8H15NO2. The van der Waals surface area contributed by atoms with Gasteiger partial charge in [-0.15, -0.1) is 0 Å². The normalized spacial score (nSPS) is 50.5. The van der Waals surface area contributed by atoms with Crippen LogP contribution in [0.5, 0.6) is 0 Å². The molecule has 3 N–H and O–H groups in total. The lowest BCUT2D eigenvalue weighted by Crippen LogP contribution is -2.66. The van der Waals surface area contributed by atoms with Crippen LogP contribution in [-0.4, -0.2) is 30.0 Å². The molecule has 1 aliphatic heterocycles. The number of rotatable bonds is 2. The van der Waals surface area contributed by atoms with E-state index in [1.165, 1.54) is 0 Å². The maximum Gasteiger partial charge on any atom is 0.0703 e. The Morgan fingerprint density at radius 1 is 1.73 bits per heavy atom. The summed E-state index contributed by atoms with van der Waals surface area (Å²) < 4.78 is 5.30. The molecule has 0 radical (unpaired) electrons. The highest BCUT2D eigenvalue weighted by Crippen LogP contribution is 2.46. The van der Waals surface area contributed by atoms with E-state index in [-0.39, 0.29) is 12.1 Å². The minimum atomic E-state index is -0.139. The third-order valence-electron chi connectivity index (χ3n) is 2.85. The van der Waals surface area contributed by atoms with Crippen LogP contribution in [0.4, 0.5) is 0 Å². The second-order valence-corrected chi connectivity index (χ2v) is 3.83. The predicted octanol–water partition coefficient (Wildman–Crippen LogP) is -0.271. The van der Waals surface area contributed by atoms with Gasteiger partial charge in [-0.3, -0.25) is 0 Å². The minimum absolute atomic E-state index is 0.139. The summed E-state index contributed by atoms with van der Waals surface area (Å²) in [6.45, 7) is 2.72. The zero-order valence-electron chi connectivity index (χ0n) is 6.73. The van der Waals surface area contributed by atoms with Crippen LogP contribution in [-0.2, 0) is 4.74 Å². The molecule has 0 aromatic rings. The Kier molecular flexibility index (Phi) is 1.67. The molecule has 2 fully saturated rings. The largest absolute Gasteiger partial charge is 0.392 e. The molecule has 2 aliphatic rings. The fraction of sp³-hybridized carbons (Fsp3) is 1.00. The number of nitrogens with two attached hydrogens (primary N) is 1. The first-order valence-electron chi connectivity index (χ1n) is 4.25.